The number of benzene rings is 1. The van der Waals surface area contributed by atoms with Crippen LogP contribution in [0.1, 0.15) is 17.3 Å². The molecule has 0 aliphatic rings. The van der Waals surface area contributed by atoms with Crippen molar-refractivity contribution in [1.82, 2.24) is 4.57 Å². The van der Waals surface area contributed by atoms with Crippen molar-refractivity contribution >= 4 is 11.7 Å². The van der Waals surface area contributed by atoms with Crippen molar-refractivity contribution in [3.8, 4) is 11.3 Å². The first-order chi connectivity index (χ1) is 8.63. The molecule has 0 bridgehead atoms. The van der Waals surface area contributed by atoms with Crippen LogP contribution in [0.25, 0.3) is 11.3 Å². The van der Waals surface area contributed by atoms with Gasteiger partial charge in [-0.15, -0.1) is 0 Å². The van der Waals surface area contributed by atoms with E-state index >= 15 is 0 Å². The number of rotatable bonds is 3. The summed E-state index contributed by atoms with van der Waals surface area (Å²) in [5, 5.41) is 0. The summed E-state index contributed by atoms with van der Waals surface area (Å²) < 4.78 is 6.97. The summed E-state index contributed by atoms with van der Waals surface area (Å²) in [4.78, 5) is 11.8. The summed E-state index contributed by atoms with van der Waals surface area (Å²) in [6.45, 7) is 2.11. The van der Waals surface area contributed by atoms with Gasteiger partial charge < -0.3 is 15.0 Å². The molecule has 18 heavy (non-hydrogen) atoms. The smallest absolute Gasteiger partial charge is 0.340 e. The number of anilines is 1. The van der Waals surface area contributed by atoms with Gasteiger partial charge in [-0.2, -0.15) is 0 Å². The maximum atomic E-state index is 11.8. The fraction of sp³-hybridized carbons (Fsp3) is 0.214. The molecule has 1 aromatic heterocycles. The zero-order valence-corrected chi connectivity index (χ0v) is 10.5. The van der Waals surface area contributed by atoms with Gasteiger partial charge in [0.1, 0.15) is 0 Å². The number of esters is 1. The number of aromatic nitrogens is 1. The lowest BCUT2D eigenvalue weighted by Gasteiger charge is -2.09. The molecule has 94 valence electrons. The molecule has 0 radical (unpaired) electrons. The van der Waals surface area contributed by atoms with E-state index in [1.54, 1.807) is 19.1 Å². The molecule has 1 heterocycles. The molecule has 0 fully saturated rings. The number of nitrogens with zero attached hydrogens (tertiary/aromatic N) is 1. The predicted octanol–water partition coefficient (Wildman–Crippen LogP) is 2.45. The first-order valence-electron chi connectivity index (χ1n) is 5.82. The molecule has 2 N–H and O–H groups in total. The van der Waals surface area contributed by atoms with Gasteiger partial charge in [0.25, 0.3) is 0 Å². The van der Waals surface area contributed by atoms with E-state index in [-0.39, 0.29) is 5.97 Å². The first kappa shape index (κ1) is 12.2. The Hall–Kier alpha value is -2.23. The summed E-state index contributed by atoms with van der Waals surface area (Å²) in [6.07, 6.45) is 1.95. The quantitative estimate of drug-likeness (QED) is 0.666. The van der Waals surface area contributed by atoms with Gasteiger partial charge in [-0.25, -0.2) is 4.79 Å². The van der Waals surface area contributed by atoms with Crippen LogP contribution in [0.4, 0.5) is 5.69 Å². The van der Waals surface area contributed by atoms with E-state index in [2.05, 4.69) is 0 Å². The van der Waals surface area contributed by atoms with Crippen molar-refractivity contribution in [2.75, 3.05) is 12.3 Å². The van der Waals surface area contributed by atoms with Crippen LogP contribution in [0.5, 0.6) is 0 Å². The molecule has 0 saturated heterocycles. The lowest BCUT2D eigenvalue weighted by atomic mass is 10.1. The standard InChI is InChI=1S/C14H16N2O2/c1-3-18-14(17)11-9-10(6-7-12(11)15)13-5-4-8-16(13)2/h4-9H,3,15H2,1-2H3. The van der Waals surface area contributed by atoms with E-state index in [9.17, 15) is 4.79 Å². The van der Waals surface area contributed by atoms with Crippen LogP contribution in [-0.2, 0) is 11.8 Å². The molecule has 0 unspecified atom stereocenters. The van der Waals surface area contributed by atoms with Crippen LogP contribution in [0, 0.1) is 0 Å². The van der Waals surface area contributed by atoms with Crippen molar-refractivity contribution in [1.29, 1.82) is 0 Å². The van der Waals surface area contributed by atoms with E-state index in [0.717, 1.165) is 11.3 Å². The number of hydrogen-bond donors (Lipinski definition) is 1. The Morgan fingerprint density at radius 1 is 1.39 bits per heavy atom. The highest BCUT2D eigenvalue weighted by Gasteiger charge is 2.12. The number of carbonyl (C=O) groups excluding carboxylic acids is 1. The predicted molar refractivity (Wildman–Crippen MR) is 71.2 cm³/mol. The third-order valence-electron chi connectivity index (χ3n) is 2.79. The van der Waals surface area contributed by atoms with Crippen molar-refractivity contribution in [2.45, 2.75) is 6.92 Å². The lowest BCUT2D eigenvalue weighted by Crippen LogP contribution is -2.08. The summed E-state index contributed by atoms with van der Waals surface area (Å²) in [6, 6.07) is 9.33. The summed E-state index contributed by atoms with van der Waals surface area (Å²) in [5.41, 5.74) is 8.63. The van der Waals surface area contributed by atoms with Gasteiger partial charge in [-0.1, -0.05) is 6.07 Å². The van der Waals surface area contributed by atoms with Crippen molar-refractivity contribution in [2.24, 2.45) is 7.05 Å². The zero-order valence-electron chi connectivity index (χ0n) is 10.5. The Labute approximate surface area is 106 Å². The number of aryl methyl sites for hydroxylation is 1. The second-order valence-electron chi connectivity index (χ2n) is 4.03. The fourth-order valence-electron chi connectivity index (χ4n) is 1.86. The Bertz CT molecular complexity index is 573. The van der Waals surface area contributed by atoms with Gasteiger partial charge in [0.05, 0.1) is 12.2 Å². The van der Waals surface area contributed by atoms with Gasteiger partial charge >= 0.3 is 5.97 Å². The molecular formula is C14H16N2O2. The number of hydrogen-bond acceptors (Lipinski definition) is 3. The zero-order chi connectivity index (χ0) is 13.1. The van der Waals surface area contributed by atoms with Crippen LogP contribution in [0.15, 0.2) is 36.5 Å². The van der Waals surface area contributed by atoms with Gasteiger partial charge in [0.2, 0.25) is 0 Å². The average Bonchev–Trinajstić information content (AvgIpc) is 2.76. The molecule has 0 amide bonds. The number of ether oxygens (including phenoxy) is 1. The van der Waals surface area contributed by atoms with Gasteiger partial charge in [-0.05, 0) is 36.8 Å². The molecule has 0 atom stereocenters. The maximum Gasteiger partial charge on any atom is 0.340 e. The van der Waals surface area contributed by atoms with Crippen LogP contribution < -0.4 is 5.73 Å². The SMILES string of the molecule is CCOC(=O)c1cc(-c2cccn2C)ccc1N. The second-order valence-corrected chi connectivity index (χ2v) is 4.03. The Balaban J connectivity index is 2.44. The van der Waals surface area contributed by atoms with E-state index in [0.29, 0.717) is 17.9 Å². The van der Waals surface area contributed by atoms with Crippen LogP contribution in [-0.4, -0.2) is 17.1 Å². The van der Waals surface area contributed by atoms with Gasteiger partial charge in [0, 0.05) is 24.6 Å². The minimum Gasteiger partial charge on any atom is -0.462 e. The molecule has 0 spiro atoms. The summed E-state index contributed by atoms with van der Waals surface area (Å²) in [5.74, 6) is -0.383. The highest BCUT2D eigenvalue weighted by molar-refractivity contribution is 5.96. The third-order valence-corrected chi connectivity index (χ3v) is 2.79. The summed E-state index contributed by atoms with van der Waals surface area (Å²) >= 11 is 0. The highest BCUT2D eigenvalue weighted by atomic mass is 16.5. The van der Waals surface area contributed by atoms with E-state index in [1.165, 1.54) is 0 Å². The number of carbonyl (C=O) groups is 1. The summed E-state index contributed by atoms with van der Waals surface area (Å²) in [7, 11) is 1.95. The van der Waals surface area contributed by atoms with Crippen LogP contribution in [0.3, 0.4) is 0 Å². The molecule has 2 rings (SSSR count). The average molecular weight is 244 g/mol. The normalized spacial score (nSPS) is 10.3. The van der Waals surface area contributed by atoms with Gasteiger partial charge in [-0.3, -0.25) is 0 Å². The van der Waals surface area contributed by atoms with Crippen LogP contribution in [0.2, 0.25) is 0 Å². The third kappa shape index (κ3) is 2.22. The van der Waals surface area contributed by atoms with Crippen molar-refractivity contribution in [3.63, 3.8) is 0 Å². The van der Waals surface area contributed by atoms with E-state index in [4.69, 9.17) is 10.5 Å². The molecule has 2 aromatic rings. The highest BCUT2D eigenvalue weighted by Crippen LogP contribution is 2.24. The fourth-order valence-corrected chi connectivity index (χ4v) is 1.86. The van der Waals surface area contributed by atoms with Crippen molar-refractivity contribution in [3.05, 3.63) is 42.1 Å². The maximum absolute atomic E-state index is 11.8. The Morgan fingerprint density at radius 2 is 2.17 bits per heavy atom. The first-order valence-corrected chi connectivity index (χ1v) is 5.82. The van der Waals surface area contributed by atoms with E-state index in [1.807, 2.05) is 36.0 Å². The van der Waals surface area contributed by atoms with E-state index < -0.39 is 0 Å². The molecule has 0 aliphatic heterocycles. The minimum absolute atomic E-state index is 0.340. The molecule has 0 aliphatic carbocycles. The lowest BCUT2D eigenvalue weighted by molar-refractivity contribution is 0.0527. The van der Waals surface area contributed by atoms with Crippen LogP contribution >= 0.6 is 0 Å². The Morgan fingerprint density at radius 3 is 2.78 bits per heavy atom. The molecule has 1 aromatic carbocycles. The second kappa shape index (κ2) is 4.96. The topological polar surface area (TPSA) is 57.2 Å². The monoisotopic (exact) mass is 244 g/mol. The molecule has 4 nitrogen and oxygen atoms in total. The Kier molecular flexibility index (Phi) is 3.37. The van der Waals surface area contributed by atoms with Crippen molar-refractivity contribution < 1.29 is 9.53 Å². The number of nitrogen functional groups attached to an aromatic ring is 1. The van der Waals surface area contributed by atoms with Gasteiger partial charge in [0.15, 0.2) is 0 Å². The minimum atomic E-state index is -0.383. The number of nitrogens with two attached hydrogens (primary N) is 1. The molecule has 0 saturated carbocycles. The molecular weight excluding hydrogens is 228 g/mol. The largest absolute Gasteiger partial charge is 0.462 e. The molecule has 4 heteroatoms.